The molecule has 0 unspecified atom stereocenters. The minimum absolute atomic E-state index is 0.161. The van der Waals surface area contributed by atoms with Gasteiger partial charge in [0.05, 0.1) is 21.9 Å². The number of benzene rings is 2. The number of hydrogen-bond donors (Lipinski definition) is 2. The molecule has 0 radical (unpaired) electrons. The largest absolute Gasteiger partial charge is 0.490 e. The first-order valence-corrected chi connectivity index (χ1v) is 15.8. The van der Waals surface area contributed by atoms with Gasteiger partial charge in [-0.3, -0.25) is 9.59 Å². The molecular formula is C30H34N6O5S2. The Morgan fingerprint density at radius 1 is 0.791 bits per heavy atom. The average molecular weight is 623 g/mol. The summed E-state index contributed by atoms with van der Waals surface area (Å²) in [5.41, 5.74) is 10.7. The number of carbonyl (C=O) groups excluding carboxylic acids is 2. The van der Waals surface area contributed by atoms with Crippen molar-refractivity contribution in [2.24, 2.45) is 10.2 Å². The summed E-state index contributed by atoms with van der Waals surface area (Å²) in [6.45, 7) is 11.2. The number of aromatic nitrogens is 2. The van der Waals surface area contributed by atoms with Crippen LogP contribution in [0.15, 0.2) is 61.5 Å². The van der Waals surface area contributed by atoms with E-state index >= 15 is 0 Å². The number of amides is 2. The third-order valence-corrected chi connectivity index (χ3v) is 8.85. The SMILES string of the molecule is C/C(=N/NC(=O)[C@H](C)Sc1nnc(S[C@@H](C)C(=O)N/N=C(/C)c2ccc3c(c2)C[C@H](C)O3)o1)c1ccc2c(c1)C[C@H](C)O2. The summed E-state index contributed by atoms with van der Waals surface area (Å²) in [6.07, 6.45) is 2.02. The highest BCUT2D eigenvalue weighted by Crippen LogP contribution is 2.31. The Balaban J connectivity index is 1.09. The van der Waals surface area contributed by atoms with E-state index in [0.717, 1.165) is 70.1 Å². The highest BCUT2D eigenvalue weighted by molar-refractivity contribution is 8.01. The van der Waals surface area contributed by atoms with Crippen LogP contribution in [0, 0.1) is 0 Å². The number of hydrazone groups is 2. The predicted molar refractivity (Wildman–Crippen MR) is 166 cm³/mol. The first-order chi connectivity index (χ1) is 20.5. The van der Waals surface area contributed by atoms with Crippen molar-refractivity contribution in [3.8, 4) is 11.5 Å². The number of nitrogens with zero attached hydrogens (tertiary/aromatic N) is 4. The van der Waals surface area contributed by atoms with Crippen LogP contribution in [-0.2, 0) is 22.4 Å². The van der Waals surface area contributed by atoms with Gasteiger partial charge in [0.15, 0.2) is 0 Å². The normalized spacial score (nSPS) is 19.1. The zero-order chi connectivity index (χ0) is 30.7. The summed E-state index contributed by atoms with van der Waals surface area (Å²) >= 11 is 2.22. The quantitative estimate of drug-likeness (QED) is 0.186. The van der Waals surface area contributed by atoms with Crippen molar-refractivity contribution in [2.75, 3.05) is 0 Å². The Labute approximate surface area is 258 Å². The molecule has 3 aromatic rings. The second-order valence-corrected chi connectivity index (χ2v) is 13.2. The van der Waals surface area contributed by atoms with E-state index in [1.807, 2.05) is 64.1 Å². The van der Waals surface area contributed by atoms with Gasteiger partial charge >= 0.3 is 0 Å². The van der Waals surface area contributed by atoms with Crippen molar-refractivity contribution < 1.29 is 23.5 Å². The molecule has 0 saturated heterocycles. The van der Waals surface area contributed by atoms with Crippen LogP contribution in [-0.4, -0.2) is 56.1 Å². The maximum Gasteiger partial charge on any atom is 0.278 e. The smallest absolute Gasteiger partial charge is 0.278 e. The van der Waals surface area contributed by atoms with E-state index in [1.165, 1.54) is 0 Å². The van der Waals surface area contributed by atoms with E-state index in [1.54, 1.807) is 13.8 Å². The van der Waals surface area contributed by atoms with E-state index in [4.69, 9.17) is 13.9 Å². The zero-order valence-corrected chi connectivity index (χ0v) is 26.5. The van der Waals surface area contributed by atoms with Crippen molar-refractivity contribution in [1.82, 2.24) is 21.0 Å². The molecule has 0 bridgehead atoms. The lowest BCUT2D eigenvalue weighted by molar-refractivity contribution is -0.121. The molecule has 2 aromatic carbocycles. The van der Waals surface area contributed by atoms with Crippen LogP contribution in [0.3, 0.4) is 0 Å². The first-order valence-electron chi connectivity index (χ1n) is 14.0. The number of fused-ring (bicyclic) bond motifs is 2. The summed E-state index contributed by atoms with van der Waals surface area (Å²) < 4.78 is 17.2. The number of thioether (sulfide) groups is 2. The third-order valence-electron chi connectivity index (χ3n) is 6.98. The molecule has 11 nitrogen and oxygen atoms in total. The third kappa shape index (κ3) is 7.57. The Morgan fingerprint density at radius 2 is 1.21 bits per heavy atom. The van der Waals surface area contributed by atoms with E-state index < -0.39 is 10.5 Å². The van der Waals surface area contributed by atoms with Crippen molar-refractivity contribution in [2.45, 2.75) is 87.5 Å². The second-order valence-electron chi connectivity index (χ2n) is 10.6. The highest BCUT2D eigenvalue weighted by Gasteiger charge is 2.23. The lowest BCUT2D eigenvalue weighted by Crippen LogP contribution is -2.27. The van der Waals surface area contributed by atoms with Gasteiger partial charge in [0, 0.05) is 12.8 Å². The van der Waals surface area contributed by atoms with Gasteiger partial charge < -0.3 is 13.9 Å². The van der Waals surface area contributed by atoms with E-state index in [-0.39, 0.29) is 34.5 Å². The average Bonchev–Trinajstić information content (AvgIpc) is 3.69. The van der Waals surface area contributed by atoms with Crippen LogP contribution < -0.4 is 20.3 Å². The van der Waals surface area contributed by atoms with Gasteiger partial charge in [-0.2, -0.15) is 10.2 Å². The summed E-state index contributed by atoms with van der Waals surface area (Å²) in [5, 5.41) is 15.9. The van der Waals surface area contributed by atoms with Crippen molar-refractivity contribution >= 4 is 46.8 Å². The highest BCUT2D eigenvalue weighted by atomic mass is 32.2. The molecule has 43 heavy (non-hydrogen) atoms. The Morgan fingerprint density at radius 3 is 1.63 bits per heavy atom. The summed E-state index contributed by atoms with van der Waals surface area (Å²) in [4.78, 5) is 25.3. The van der Waals surface area contributed by atoms with Crippen molar-refractivity contribution in [3.63, 3.8) is 0 Å². The monoisotopic (exact) mass is 622 g/mol. The van der Waals surface area contributed by atoms with Gasteiger partial charge in [0.2, 0.25) is 0 Å². The fourth-order valence-electron chi connectivity index (χ4n) is 4.58. The molecule has 5 rings (SSSR count). The van der Waals surface area contributed by atoms with Gasteiger partial charge in [-0.25, -0.2) is 10.9 Å². The zero-order valence-electron chi connectivity index (χ0n) is 24.8. The topological polar surface area (TPSA) is 140 Å². The molecular weight excluding hydrogens is 589 g/mol. The summed E-state index contributed by atoms with van der Waals surface area (Å²) in [5.74, 6) is 1.18. The minimum atomic E-state index is -0.545. The number of rotatable bonds is 10. The van der Waals surface area contributed by atoms with Crippen LogP contribution in [0.5, 0.6) is 11.5 Å². The van der Waals surface area contributed by atoms with Gasteiger partial charge in [0.25, 0.3) is 22.3 Å². The summed E-state index contributed by atoms with van der Waals surface area (Å²) in [6, 6.07) is 11.8. The van der Waals surface area contributed by atoms with Crippen LogP contribution in [0.4, 0.5) is 0 Å². The molecule has 2 aliphatic heterocycles. The van der Waals surface area contributed by atoms with E-state index in [0.29, 0.717) is 11.4 Å². The standard InChI is InChI=1S/C30H34N6O5S2/c1-15-11-23-13-21(7-9-25(23)39-15)17(3)31-33-27(37)19(5)42-29-35-36-30(41-29)43-20(6)28(38)34-32-18(4)22-8-10-26-24(14-22)12-16(2)40-26/h7-10,13-16,19-20H,11-12H2,1-6H3,(H,33,37)(H,34,38)/b31-17-,32-18-/t15-,16-,19-,20-/m0/s1. The molecule has 0 aliphatic carbocycles. The molecule has 0 saturated carbocycles. The first kappa shape index (κ1) is 30.6. The maximum absolute atomic E-state index is 12.7. The molecule has 0 spiro atoms. The molecule has 13 heteroatoms. The lowest BCUT2D eigenvalue weighted by Gasteiger charge is -2.09. The molecule has 3 heterocycles. The van der Waals surface area contributed by atoms with Crippen molar-refractivity contribution in [1.29, 1.82) is 0 Å². The van der Waals surface area contributed by atoms with Crippen LogP contribution in [0.25, 0.3) is 0 Å². The van der Waals surface area contributed by atoms with Gasteiger partial charge in [-0.15, -0.1) is 10.2 Å². The number of nitrogens with one attached hydrogen (secondary N) is 2. The fraction of sp³-hybridized carbons (Fsp3) is 0.400. The van der Waals surface area contributed by atoms with Crippen LogP contribution in [0.1, 0.15) is 63.8 Å². The molecule has 1 aromatic heterocycles. The van der Waals surface area contributed by atoms with Gasteiger partial charge in [-0.05, 0) is 100 Å². The molecule has 2 N–H and O–H groups in total. The van der Waals surface area contributed by atoms with Crippen LogP contribution >= 0.6 is 23.5 Å². The molecule has 2 amide bonds. The Hall–Kier alpha value is -3.84. The second kappa shape index (κ2) is 13.2. The van der Waals surface area contributed by atoms with Crippen LogP contribution in [0.2, 0.25) is 0 Å². The maximum atomic E-state index is 12.7. The Kier molecular flexibility index (Phi) is 9.40. The summed E-state index contributed by atoms with van der Waals surface area (Å²) in [7, 11) is 0. The minimum Gasteiger partial charge on any atom is -0.490 e. The number of ether oxygens (including phenoxy) is 2. The molecule has 226 valence electrons. The molecule has 4 atom stereocenters. The van der Waals surface area contributed by atoms with E-state index in [2.05, 4.69) is 31.3 Å². The Bertz CT molecular complexity index is 1470. The van der Waals surface area contributed by atoms with Gasteiger partial charge in [0.1, 0.15) is 23.7 Å². The number of carbonyl (C=O) groups is 2. The number of hydrogen-bond acceptors (Lipinski definition) is 11. The van der Waals surface area contributed by atoms with Crippen molar-refractivity contribution in [3.05, 3.63) is 58.7 Å². The van der Waals surface area contributed by atoms with Gasteiger partial charge in [-0.1, -0.05) is 23.5 Å². The molecule has 0 fully saturated rings. The molecule has 2 aliphatic rings. The lowest BCUT2D eigenvalue weighted by atomic mass is 10.0. The fourth-order valence-corrected chi connectivity index (χ4v) is 5.99. The predicted octanol–water partition coefficient (Wildman–Crippen LogP) is 4.76. The van der Waals surface area contributed by atoms with E-state index in [9.17, 15) is 9.59 Å².